The maximum absolute atomic E-state index is 6.12. The van der Waals surface area contributed by atoms with Crippen LogP contribution in [0.25, 0.3) is 21.9 Å². The molecule has 3 nitrogen and oxygen atoms in total. The second kappa shape index (κ2) is 8.45. The van der Waals surface area contributed by atoms with Gasteiger partial charge in [-0.3, -0.25) is 0 Å². The molecule has 3 aromatic rings. The van der Waals surface area contributed by atoms with E-state index in [2.05, 4.69) is 61.1 Å². The summed E-state index contributed by atoms with van der Waals surface area (Å²) in [6, 6.07) is 12.5. The SMILES string of the molecule is C=C/C=C\C=C/C.Cc1ccc2c(oc3ccccc32)c1N1C=CNC1C. The Bertz CT molecular complexity index is 1020. The minimum absolute atomic E-state index is 0.243. The molecule has 0 radical (unpaired) electrons. The molecule has 0 aliphatic carbocycles. The van der Waals surface area contributed by atoms with E-state index in [0.717, 1.165) is 16.9 Å². The van der Waals surface area contributed by atoms with E-state index in [4.69, 9.17) is 4.42 Å². The van der Waals surface area contributed by atoms with Crippen molar-refractivity contribution in [2.45, 2.75) is 26.9 Å². The zero-order chi connectivity index (χ0) is 19.2. The van der Waals surface area contributed by atoms with E-state index >= 15 is 0 Å². The molecule has 27 heavy (non-hydrogen) atoms. The molecule has 1 aliphatic heterocycles. The Hall–Kier alpha value is -3.20. The molecule has 0 spiro atoms. The standard InChI is InChI=1S/C17H16N2O.C7H10/c1-11-7-8-14-13-5-3-4-6-15(13)20-17(14)16(11)19-10-9-18-12(19)2;1-3-5-7-6-4-2/h3-10,12,18H,1-2H3;3-7H,1H2,2H3/b;6-4-,7-5-. The molecule has 138 valence electrons. The first kappa shape index (κ1) is 18.6. The van der Waals surface area contributed by atoms with Crippen molar-refractivity contribution in [2.24, 2.45) is 0 Å². The quantitative estimate of drug-likeness (QED) is 0.547. The van der Waals surface area contributed by atoms with Crippen LogP contribution in [0, 0.1) is 6.92 Å². The van der Waals surface area contributed by atoms with Gasteiger partial charge in [0.05, 0.1) is 5.69 Å². The summed E-state index contributed by atoms with van der Waals surface area (Å²) in [4.78, 5) is 2.22. The van der Waals surface area contributed by atoms with Gasteiger partial charge in [-0.1, -0.05) is 67.3 Å². The molecule has 1 atom stereocenters. The molecule has 0 saturated heterocycles. The van der Waals surface area contributed by atoms with Crippen molar-refractivity contribution < 1.29 is 4.42 Å². The largest absolute Gasteiger partial charge is 0.454 e. The Kier molecular flexibility index (Phi) is 5.82. The van der Waals surface area contributed by atoms with Gasteiger partial charge in [0.25, 0.3) is 0 Å². The lowest BCUT2D eigenvalue weighted by Gasteiger charge is -2.24. The maximum atomic E-state index is 6.12. The Balaban J connectivity index is 0.000000260. The number of nitrogens with one attached hydrogen (secondary N) is 1. The van der Waals surface area contributed by atoms with Gasteiger partial charge in [-0.2, -0.15) is 0 Å². The first-order chi connectivity index (χ1) is 13.2. The molecule has 0 bridgehead atoms. The van der Waals surface area contributed by atoms with Crippen molar-refractivity contribution in [1.82, 2.24) is 5.32 Å². The van der Waals surface area contributed by atoms with E-state index in [0.29, 0.717) is 0 Å². The van der Waals surface area contributed by atoms with E-state index in [1.165, 1.54) is 16.3 Å². The summed E-state index contributed by atoms with van der Waals surface area (Å²) in [6.45, 7) is 9.76. The third-order valence-electron chi connectivity index (χ3n) is 4.52. The molecule has 4 rings (SSSR count). The number of furan rings is 1. The average Bonchev–Trinajstić information content (AvgIpc) is 3.26. The van der Waals surface area contributed by atoms with Gasteiger partial charge in [-0.25, -0.2) is 0 Å². The van der Waals surface area contributed by atoms with Crippen LogP contribution in [0.5, 0.6) is 0 Å². The fraction of sp³-hybridized carbons (Fsp3) is 0.167. The molecule has 1 unspecified atom stereocenters. The van der Waals surface area contributed by atoms with Crippen molar-refractivity contribution in [1.29, 1.82) is 0 Å². The number of allylic oxidation sites excluding steroid dienone is 5. The first-order valence-corrected chi connectivity index (χ1v) is 9.19. The topological polar surface area (TPSA) is 28.4 Å². The number of aryl methyl sites for hydroxylation is 1. The fourth-order valence-electron chi connectivity index (χ4n) is 3.19. The predicted octanol–water partition coefficient (Wildman–Crippen LogP) is 6.43. The highest BCUT2D eigenvalue weighted by atomic mass is 16.3. The molecular weight excluding hydrogens is 332 g/mol. The summed E-state index contributed by atoms with van der Waals surface area (Å²) in [5, 5.41) is 5.65. The van der Waals surface area contributed by atoms with Crippen LogP contribution in [0.3, 0.4) is 0 Å². The Morgan fingerprint density at radius 1 is 1.07 bits per heavy atom. The summed E-state index contributed by atoms with van der Waals surface area (Å²) in [7, 11) is 0. The van der Waals surface area contributed by atoms with E-state index in [9.17, 15) is 0 Å². The highest BCUT2D eigenvalue weighted by Crippen LogP contribution is 2.38. The lowest BCUT2D eigenvalue weighted by molar-refractivity contribution is 0.651. The number of hydrogen-bond acceptors (Lipinski definition) is 3. The second-order valence-corrected chi connectivity index (χ2v) is 6.42. The number of hydrogen-bond donors (Lipinski definition) is 1. The Labute approximate surface area is 161 Å². The number of rotatable bonds is 3. The first-order valence-electron chi connectivity index (χ1n) is 9.19. The molecule has 0 saturated carbocycles. The van der Waals surface area contributed by atoms with Crippen molar-refractivity contribution >= 4 is 27.6 Å². The van der Waals surface area contributed by atoms with E-state index in [-0.39, 0.29) is 6.17 Å². The molecule has 3 heteroatoms. The van der Waals surface area contributed by atoms with Gasteiger partial charge in [0.2, 0.25) is 0 Å². The third-order valence-corrected chi connectivity index (χ3v) is 4.52. The zero-order valence-electron chi connectivity index (χ0n) is 16.1. The molecule has 0 amide bonds. The zero-order valence-corrected chi connectivity index (χ0v) is 16.1. The lowest BCUT2D eigenvalue weighted by atomic mass is 10.1. The predicted molar refractivity (Wildman–Crippen MR) is 117 cm³/mol. The summed E-state index contributed by atoms with van der Waals surface area (Å²) in [5.41, 5.74) is 4.27. The van der Waals surface area contributed by atoms with Crippen LogP contribution in [0.4, 0.5) is 5.69 Å². The summed E-state index contributed by atoms with van der Waals surface area (Å²) in [5.74, 6) is 0. The molecule has 1 aromatic heterocycles. The fourth-order valence-corrected chi connectivity index (χ4v) is 3.19. The van der Waals surface area contributed by atoms with Crippen molar-refractivity contribution in [3.63, 3.8) is 0 Å². The number of fused-ring (bicyclic) bond motifs is 3. The number of anilines is 1. The van der Waals surface area contributed by atoms with Crippen LogP contribution in [-0.2, 0) is 0 Å². The van der Waals surface area contributed by atoms with E-state index in [1.54, 1.807) is 6.08 Å². The van der Waals surface area contributed by atoms with Crippen LogP contribution in [0.2, 0.25) is 0 Å². The van der Waals surface area contributed by atoms with Gasteiger partial charge in [0.1, 0.15) is 11.7 Å². The second-order valence-electron chi connectivity index (χ2n) is 6.42. The highest BCUT2D eigenvalue weighted by Gasteiger charge is 2.22. The molecular formula is C24H26N2O. The number of nitrogens with zero attached hydrogens (tertiary/aromatic N) is 1. The van der Waals surface area contributed by atoms with Crippen molar-refractivity contribution in [3.8, 4) is 0 Å². The van der Waals surface area contributed by atoms with Gasteiger partial charge < -0.3 is 14.6 Å². The smallest absolute Gasteiger partial charge is 0.159 e. The normalized spacial score (nSPS) is 16.3. The van der Waals surface area contributed by atoms with Gasteiger partial charge in [-0.15, -0.1) is 0 Å². The van der Waals surface area contributed by atoms with Crippen LogP contribution >= 0.6 is 0 Å². The summed E-state index contributed by atoms with van der Waals surface area (Å²) >= 11 is 0. The van der Waals surface area contributed by atoms with Crippen molar-refractivity contribution in [3.05, 3.63) is 91.3 Å². The van der Waals surface area contributed by atoms with E-state index in [1.807, 2.05) is 49.6 Å². The van der Waals surface area contributed by atoms with Crippen LogP contribution < -0.4 is 10.2 Å². The molecule has 0 fully saturated rings. The monoisotopic (exact) mass is 358 g/mol. The maximum Gasteiger partial charge on any atom is 0.159 e. The van der Waals surface area contributed by atoms with Crippen LogP contribution in [0.1, 0.15) is 19.4 Å². The molecule has 1 N–H and O–H groups in total. The lowest BCUT2D eigenvalue weighted by Crippen LogP contribution is -2.32. The van der Waals surface area contributed by atoms with Gasteiger partial charge in [0, 0.05) is 23.2 Å². The summed E-state index contributed by atoms with van der Waals surface area (Å²) in [6.07, 6.45) is 13.8. The van der Waals surface area contributed by atoms with Crippen LogP contribution in [0.15, 0.2) is 90.2 Å². The minimum Gasteiger partial charge on any atom is -0.454 e. The van der Waals surface area contributed by atoms with E-state index < -0.39 is 0 Å². The summed E-state index contributed by atoms with van der Waals surface area (Å²) < 4.78 is 6.12. The van der Waals surface area contributed by atoms with Gasteiger partial charge in [0.15, 0.2) is 5.58 Å². The Morgan fingerprint density at radius 2 is 1.89 bits per heavy atom. The number of benzene rings is 2. The molecule has 1 aliphatic rings. The van der Waals surface area contributed by atoms with Gasteiger partial charge >= 0.3 is 0 Å². The number of para-hydroxylation sites is 1. The highest BCUT2D eigenvalue weighted by molar-refractivity contribution is 6.09. The Morgan fingerprint density at radius 3 is 2.59 bits per heavy atom. The average molecular weight is 358 g/mol. The molecule has 2 aromatic carbocycles. The van der Waals surface area contributed by atoms with Crippen LogP contribution in [-0.4, -0.2) is 6.17 Å². The molecule has 2 heterocycles. The minimum atomic E-state index is 0.243. The van der Waals surface area contributed by atoms with Crippen molar-refractivity contribution in [2.75, 3.05) is 4.90 Å². The van der Waals surface area contributed by atoms with Gasteiger partial charge in [-0.05, 0) is 32.4 Å². The third kappa shape index (κ3) is 3.82.